The Labute approximate surface area is 206 Å². The molecule has 0 aliphatic heterocycles. The highest BCUT2D eigenvalue weighted by Crippen LogP contribution is 2.28. The third-order valence-corrected chi connectivity index (χ3v) is 4.74. The van der Waals surface area contributed by atoms with E-state index in [0.717, 1.165) is 11.1 Å². The van der Waals surface area contributed by atoms with Crippen LogP contribution in [-0.2, 0) is 11.3 Å². The summed E-state index contributed by atoms with van der Waals surface area (Å²) in [7, 11) is 0. The van der Waals surface area contributed by atoms with Crippen molar-refractivity contribution in [3.63, 3.8) is 0 Å². The largest absolute Gasteiger partial charge is 0.443 e. The summed E-state index contributed by atoms with van der Waals surface area (Å²) < 4.78 is 7.38. The molecular formula is C28H31N5O2. The van der Waals surface area contributed by atoms with Crippen LogP contribution in [0, 0.1) is 11.8 Å². The molecule has 7 heteroatoms. The lowest BCUT2D eigenvalue weighted by Crippen LogP contribution is -2.37. The number of amides is 1. The van der Waals surface area contributed by atoms with Crippen molar-refractivity contribution in [1.82, 2.24) is 19.6 Å². The minimum absolute atomic E-state index is 0.255. The van der Waals surface area contributed by atoms with Gasteiger partial charge in [-0.3, -0.25) is 9.88 Å². The van der Waals surface area contributed by atoms with Crippen LogP contribution in [0.3, 0.4) is 0 Å². The quantitative estimate of drug-likeness (QED) is 0.336. The second kappa shape index (κ2) is 11.3. The number of hydrogen-bond acceptors (Lipinski definition) is 5. The number of nitrogens with zero attached hydrogens (tertiary/aromatic N) is 5. The van der Waals surface area contributed by atoms with Gasteiger partial charge in [0.2, 0.25) is 0 Å². The van der Waals surface area contributed by atoms with Crippen LogP contribution in [0.15, 0.2) is 67.1 Å². The molecule has 7 nitrogen and oxygen atoms in total. The molecule has 0 aliphatic carbocycles. The standard InChI is InChI=1S/C26H25N5O2.C2H6/c1-5-10-21-17-28-31-23(15-22(29-24(21)31)20-12-7-6-8-13-20)30(25(32)33-26(2,3)4)18-19-11-9-14-27-16-19;1-2/h6-9,11-17H,18H2,1-4H3;1-2H3. The average Bonchev–Trinajstić information content (AvgIpc) is 3.26. The summed E-state index contributed by atoms with van der Waals surface area (Å²) in [6.07, 6.45) is 4.60. The van der Waals surface area contributed by atoms with Crippen molar-refractivity contribution in [2.24, 2.45) is 0 Å². The highest BCUT2D eigenvalue weighted by atomic mass is 16.6. The van der Waals surface area contributed by atoms with E-state index in [1.165, 1.54) is 0 Å². The molecule has 1 aromatic carbocycles. The highest BCUT2D eigenvalue weighted by molar-refractivity contribution is 5.88. The first-order valence-corrected chi connectivity index (χ1v) is 11.6. The van der Waals surface area contributed by atoms with Gasteiger partial charge in [-0.15, -0.1) is 5.92 Å². The number of anilines is 1. The lowest BCUT2D eigenvalue weighted by molar-refractivity contribution is 0.0575. The molecule has 4 aromatic rings. The Hall–Kier alpha value is -4.18. The van der Waals surface area contributed by atoms with Crippen molar-refractivity contribution in [2.75, 3.05) is 4.90 Å². The number of aromatic nitrogens is 4. The summed E-state index contributed by atoms with van der Waals surface area (Å²) in [5.41, 5.74) is 3.07. The molecule has 0 aliphatic rings. The fraction of sp³-hybridized carbons (Fsp3) is 0.286. The summed E-state index contributed by atoms with van der Waals surface area (Å²) in [5, 5.41) is 4.50. The van der Waals surface area contributed by atoms with E-state index in [4.69, 9.17) is 9.72 Å². The van der Waals surface area contributed by atoms with Gasteiger partial charge in [0.05, 0.1) is 24.0 Å². The number of benzene rings is 1. The molecule has 3 heterocycles. The highest BCUT2D eigenvalue weighted by Gasteiger charge is 2.27. The Balaban J connectivity index is 0.00000167. The Morgan fingerprint density at radius 1 is 1.09 bits per heavy atom. The number of pyridine rings is 1. The molecule has 35 heavy (non-hydrogen) atoms. The first-order valence-electron chi connectivity index (χ1n) is 11.6. The Morgan fingerprint density at radius 2 is 1.83 bits per heavy atom. The van der Waals surface area contributed by atoms with Crippen LogP contribution in [-0.4, -0.2) is 31.3 Å². The third kappa shape index (κ3) is 6.24. The Bertz CT molecular complexity index is 1330. The smallest absolute Gasteiger partial charge is 0.416 e. The van der Waals surface area contributed by atoms with E-state index in [9.17, 15) is 4.79 Å². The summed E-state index contributed by atoms with van der Waals surface area (Å²) in [4.78, 5) is 23.9. The van der Waals surface area contributed by atoms with Crippen molar-refractivity contribution >= 4 is 17.6 Å². The van der Waals surface area contributed by atoms with E-state index in [2.05, 4.69) is 21.9 Å². The minimum atomic E-state index is -0.665. The first-order chi connectivity index (χ1) is 16.9. The van der Waals surface area contributed by atoms with Crippen LogP contribution in [0.25, 0.3) is 16.9 Å². The molecule has 0 fully saturated rings. The number of hydrogen-bond donors (Lipinski definition) is 0. The molecule has 0 radical (unpaired) electrons. The third-order valence-electron chi connectivity index (χ3n) is 4.74. The van der Waals surface area contributed by atoms with Crippen LogP contribution in [0.4, 0.5) is 10.6 Å². The molecule has 0 saturated carbocycles. The normalized spacial score (nSPS) is 10.6. The van der Waals surface area contributed by atoms with Gasteiger partial charge in [-0.25, -0.2) is 9.78 Å². The van der Waals surface area contributed by atoms with E-state index >= 15 is 0 Å². The van der Waals surface area contributed by atoms with Gasteiger partial charge < -0.3 is 4.74 Å². The predicted molar refractivity (Wildman–Crippen MR) is 139 cm³/mol. The minimum Gasteiger partial charge on any atom is -0.443 e. The van der Waals surface area contributed by atoms with Gasteiger partial charge in [-0.05, 0) is 39.3 Å². The van der Waals surface area contributed by atoms with Gasteiger partial charge in [0.25, 0.3) is 0 Å². The van der Waals surface area contributed by atoms with Crippen LogP contribution in [0.2, 0.25) is 0 Å². The van der Waals surface area contributed by atoms with Crippen molar-refractivity contribution in [2.45, 2.75) is 53.7 Å². The van der Waals surface area contributed by atoms with Gasteiger partial charge in [0.1, 0.15) is 11.4 Å². The molecule has 0 spiro atoms. The Morgan fingerprint density at radius 3 is 2.46 bits per heavy atom. The van der Waals surface area contributed by atoms with Crippen molar-refractivity contribution in [3.8, 4) is 23.1 Å². The number of rotatable bonds is 4. The lowest BCUT2D eigenvalue weighted by Gasteiger charge is -2.28. The van der Waals surface area contributed by atoms with Crippen LogP contribution in [0.1, 0.15) is 52.7 Å². The number of carbonyl (C=O) groups excluding carboxylic acids is 1. The number of carbonyl (C=O) groups is 1. The Kier molecular flexibility index (Phi) is 8.21. The van der Waals surface area contributed by atoms with E-state index in [1.807, 2.05) is 83.1 Å². The molecular weight excluding hydrogens is 438 g/mol. The number of ether oxygens (including phenoxy) is 1. The number of fused-ring (bicyclic) bond motifs is 1. The monoisotopic (exact) mass is 469 g/mol. The molecule has 0 N–H and O–H groups in total. The van der Waals surface area contributed by atoms with Crippen molar-refractivity contribution in [3.05, 3.63) is 78.2 Å². The van der Waals surface area contributed by atoms with Gasteiger partial charge in [-0.1, -0.05) is 56.2 Å². The first kappa shape index (κ1) is 25.4. The average molecular weight is 470 g/mol. The molecule has 0 atom stereocenters. The zero-order valence-electron chi connectivity index (χ0n) is 21.1. The fourth-order valence-corrected chi connectivity index (χ4v) is 3.35. The molecule has 0 saturated heterocycles. The van der Waals surface area contributed by atoms with Gasteiger partial charge in [0, 0.05) is 24.0 Å². The zero-order valence-corrected chi connectivity index (χ0v) is 21.1. The molecule has 0 unspecified atom stereocenters. The SMILES string of the molecule is CC.CC#Cc1cnn2c(N(Cc3cccnc3)C(=O)OC(C)(C)C)cc(-c3ccccc3)nc12. The van der Waals surface area contributed by atoms with E-state index in [0.29, 0.717) is 22.7 Å². The van der Waals surface area contributed by atoms with Gasteiger partial charge in [-0.2, -0.15) is 9.61 Å². The topological polar surface area (TPSA) is 72.6 Å². The van der Waals surface area contributed by atoms with E-state index in [-0.39, 0.29) is 6.54 Å². The molecule has 3 aromatic heterocycles. The summed E-state index contributed by atoms with van der Waals surface area (Å²) >= 11 is 0. The van der Waals surface area contributed by atoms with Gasteiger partial charge in [0.15, 0.2) is 5.65 Å². The maximum absolute atomic E-state index is 13.4. The van der Waals surface area contributed by atoms with E-state index < -0.39 is 11.7 Å². The van der Waals surface area contributed by atoms with Crippen molar-refractivity contribution in [1.29, 1.82) is 0 Å². The van der Waals surface area contributed by atoms with Gasteiger partial charge >= 0.3 is 6.09 Å². The second-order valence-corrected chi connectivity index (χ2v) is 8.46. The predicted octanol–water partition coefficient (Wildman–Crippen LogP) is 6.13. The molecule has 1 amide bonds. The second-order valence-electron chi connectivity index (χ2n) is 8.46. The van der Waals surface area contributed by atoms with Crippen LogP contribution >= 0.6 is 0 Å². The van der Waals surface area contributed by atoms with Crippen LogP contribution in [0.5, 0.6) is 0 Å². The van der Waals surface area contributed by atoms with Crippen molar-refractivity contribution < 1.29 is 9.53 Å². The van der Waals surface area contributed by atoms with Crippen LogP contribution < -0.4 is 4.90 Å². The molecule has 4 rings (SSSR count). The summed E-state index contributed by atoms with van der Waals surface area (Å²) in [5.74, 6) is 6.49. The maximum atomic E-state index is 13.4. The molecule has 180 valence electrons. The maximum Gasteiger partial charge on any atom is 0.416 e. The lowest BCUT2D eigenvalue weighted by atomic mass is 10.1. The molecule has 0 bridgehead atoms. The van der Waals surface area contributed by atoms with E-state index in [1.54, 1.807) is 34.9 Å². The zero-order chi connectivity index (χ0) is 25.4. The summed E-state index contributed by atoms with van der Waals surface area (Å²) in [6, 6.07) is 15.4. The summed E-state index contributed by atoms with van der Waals surface area (Å²) in [6.45, 7) is 11.5. The fourth-order valence-electron chi connectivity index (χ4n) is 3.35.